The number of nitrogens with one attached hydrogen (secondary N) is 1. The molecule has 0 bridgehead atoms. The predicted octanol–water partition coefficient (Wildman–Crippen LogP) is 1.55. The molecule has 0 spiro atoms. The van der Waals surface area contributed by atoms with Crippen LogP contribution in [-0.4, -0.2) is 35.1 Å². The van der Waals surface area contributed by atoms with Crippen LogP contribution in [0.15, 0.2) is 12.3 Å². The van der Waals surface area contributed by atoms with Crippen molar-refractivity contribution in [2.75, 3.05) is 13.2 Å². The van der Waals surface area contributed by atoms with Gasteiger partial charge in [-0.1, -0.05) is 11.6 Å². The van der Waals surface area contributed by atoms with Gasteiger partial charge < -0.3 is 10.1 Å². The molecule has 1 aromatic rings. The number of amides is 1. The number of nitro groups is 1. The van der Waals surface area contributed by atoms with Gasteiger partial charge in [0.05, 0.1) is 10.5 Å². The Hall–Kier alpha value is -1.73. The molecule has 0 radical (unpaired) electrons. The molecule has 0 atom stereocenters. The maximum absolute atomic E-state index is 12.0. The van der Waals surface area contributed by atoms with Gasteiger partial charge in [-0.15, -0.1) is 0 Å². The standard InChI is InChI=1S/C11H12ClN3O4/c12-10-9(5-8(6-13-10)15(17)18)11(16)14-7-1-3-19-4-2-7/h5-7H,1-4H2,(H,14,16). The van der Waals surface area contributed by atoms with Crippen LogP contribution < -0.4 is 5.32 Å². The van der Waals surface area contributed by atoms with Crippen molar-refractivity contribution in [2.45, 2.75) is 18.9 Å². The van der Waals surface area contributed by atoms with Crippen molar-refractivity contribution >= 4 is 23.2 Å². The Kier molecular flexibility index (Phi) is 4.28. The van der Waals surface area contributed by atoms with Gasteiger partial charge in [-0.05, 0) is 12.8 Å². The smallest absolute Gasteiger partial charge is 0.288 e. The highest BCUT2D eigenvalue weighted by atomic mass is 35.5. The Balaban J connectivity index is 2.13. The van der Waals surface area contributed by atoms with Crippen LogP contribution >= 0.6 is 11.6 Å². The molecule has 1 fully saturated rings. The minimum atomic E-state index is -0.617. The highest BCUT2D eigenvalue weighted by Crippen LogP contribution is 2.19. The molecule has 0 unspecified atom stereocenters. The molecule has 1 N–H and O–H groups in total. The van der Waals surface area contributed by atoms with Gasteiger partial charge in [0, 0.05) is 25.3 Å². The van der Waals surface area contributed by atoms with E-state index in [2.05, 4.69) is 10.3 Å². The first-order chi connectivity index (χ1) is 9.08. The summed E-state index contributed by atoms with van der Waals surface area (Å²) in [5.41, 5.74) is -0.246. The molecule has 8 heteroatoms. The van der Waals surface area contributed by atoms with Crippen molar-refractivity contribution < 1.29 is 14.5 Å². The average Bonchev–Trinajstić information content (AvgIpc) is 2.40. The Labute approximate surface area is 114 Å². The quantitative estimate of drug-likeness (QED) is 0.516. The molecule has 0 aliphatic carbocycles. The maximum atomic E-state index is 12.0. The SMILES string of the molecule is O=C(NC1CCOCC1)c1cc([N+](=O)[O-])cnc1Cl. The summed E-state index contributed by atoms with van der Waals surface area (Å²) in [6, 6.07) is 1.13. The van der Waals surface area contributed by atoms with Crippen LogP contribution in [0.5, 0.6) is 0 Å². The van der Waals surface area contributed by atoms with Crippen LogP contribution in [0.2, 0.25) is 5.15 Å². The second kappa shape index (κ2) is 5.94. The number of aromatic nitrogens is 1. The molecule has 0 saturated carbocycles. The van der Waals surface area contributed by atoms with E-state index in [1.807, 2.05) is 0 Å². The lowest BCUT2D eigenvalue weighted by Crippen LogP contribution is -2.39. The third-order valence-electron chi connectivity index (χ3n) is 2.84. The molecule has 2 rings (SSSR count). The normalized spacial score (nSPS) is 16.1. The molecule has 2 heterocycles. The van der Waals surface area contributed by atoms with Crippen molar-refractivity contribution in [3.8, 4) is 0 Å². The Morgan fingerprint density at radius 2 is 2.21 bits per heavy atom. The van der Waals surface area contributed by atoms with E-state index in [-0.39, 0.29) is 22.4 Å². The summed E-state index contributed by atoms with van der Waals surface area (Å²) in [4.78, 5) is 25.7. The molecule has 1 aliphatic rings. The minimum Gasteiger partial charge on any atom is -0.381 e. The van der Waals surface area contributed by atoms with Crippen LogP contribution in [0.4, 0.5) is 5.69 Å². The number of carbonyl (C=O) groups is 1. The highest BCUT2D eigenvalue weighted by Gasteiger charge is 2.21. The highest BCUT2D eigenvalue weighted by molar-refractivity contribution is 6.32. The second-order valence-corrected chi connectivity index (χ2v) is 4.51. The van der Waals surface area contributed by atoms with E-state index in [0.29, 0.717) is 26.1 Å². The van der Waals surface area contributed by atoms with Crippen LogP contribution in [0, 0.1) is 10.1 Å². The topological polar surface area (TPSA) is 94.4 Å². The number of pyridine rings is 1. The zero-order chi connectivity index (χ0) is 13.8. The fourth-order valence-electron chi connectivity index (χ4n) is 1.80. The van der Waals surface area contributed by atoms with Crippen LogP contribution in [0.3, 0.4) is 0 Å². The van der Waals surface area contributed by atoms with Gasteiger partial charge in [0.1, 0.15) is 11.3 Å². The summed E-state index contributed by atoms with van der Waals surface area (Å²) in [7, 11) is 0. The van der Waals surface area contributed by atoms with E-state index >= 15 is 0 Å². The maximum Gasteiger partial charge on any atom is 0.288 e. The predicted molar refractivity (Wildman–Crippen MR) is 67.2 cm³/mol. The van der Waals surface area contributed by atoms with Crippen molar-refractivity contribution in [1.29, 1.82) is 0 Å². The van der Waals surface area contributed by atoms with Gasteiger partial charge in [0.2, 0.25) is 0 Å². The molecule has 1 aromatic heterocycles. The molecule has 19 heavy (non-hydrogen) atoms. The number of ether oxygens (including phenoxy) is 1. The number of nitrogens with zero attached hydrogens (tertiary/aromatic N) is 2. The fraction of sp³-hybridized carbons (Fsp3) is 0.455. The zero-order valence-electron chi connectivity index (χ0n) is 9.97. The van der Waals surface area contributed by atoms with Gasteiger partial charge in [0.15, 0.2) is 0 Å². The van der Waals surface area contributed by atoms with Crippen LogP contribution in [0.25, 0.3) is 0 Å². The van der Waals surface area contributed by atoms with Crippen molar-refractivity contribution in [3.05, 3.63) is 33.1 Å². The largest absolute Gasteiger partial charge is 0.381 e. The Morgan fingerprint density at radius 1 is 1.53 bits per heavy atom. The molecule has 1 aliphatic heterocycles. The van der Waals surface area contributed by atoms with Crippen molar-refractivity contribution in [2.24, 2.45) is 0 Å². The number of rotatable bonds is 3. The summed E-state index contributed by atoms with van der Waals surface area (Å²) in [5, 5.41) is 13.4. The summed E-state index contributed by atoms with van der Waals surface area (Å²) in [5.74, 6) is -0.451. The molecule has 1 amide bonds. The third kappa shape index (κ3) is 3.39. The molecule has 102 valence electrons. The first-order valence-corrected chi connectivity index (χ1v) is 6.14. The monoisotopic (exact) mass is 285 g/mol. The fourth-order valence-corrected chi connectivity index (χ4v) is 1.99. The van der Waals surface area contributed by atoms with E-state index in [0.717, 1.165) is 12.3 Å². The van der Waals surface area contributed by atoms with E-state index < -0.39 is 10.8 Å². The van der Waals surface area contributed by atoms with Crippen molar-refractivity contribution in [1.82, 2.24) is 10.3 Å². The number of halogens is 1. The summed E-state index contributed by atoms with van der Waals surface area (Å²) < 4.78 is 5.18. The average molecular weight is 286 g/mol. The lowest BCUT2D eigenvalue weighted by molar-refractivity contribution is -0.385. The first-order valence-electron chi connectivity index (χ1n) is 5.76. The summed E-state index contributed by atoms with van der Waals surface area (Å²) >= 11 is 5.79. The molecule has 1 saturated heterocycles. The van der Waals surface area contributed by atoms with Gasteiger partial charge in [0.25, 0.3) is 11.6 Å². The van der Waals surface area contributed by atoms with E-state index in [1.54, 1.807) is 0 Å². The van der Waals surface area contributed by atoms with Gasteiger partial charge in [-0.25, -0.2) is 4.98 Å². The van der Waals surface area contributed by atoms with Crippen LogP contribution in [0.1, 0.15) is 23.2 Å². The molecular weight excluding hydrogens is 274 g/mol. The molecule has 0 aromatic carbocycles. The lowest BCUT2D eigenvalue weighted by atomic mass is 10.1. The summed E-state index contributed by atoms with van der Waals surface area (Å²) in [6.07, 6.45) is 2.45. The van der Waals surface area contributed by atoms with Gasteiger partial charge in [-0.2, -0.15) is 0 Å². The number of carbonyl (C=O) groups excluding carboxylic acids is 1. The van der Waals surface area contributed by atoms with Gasteiger partial charge >= 0.3 is 0 Å². The van der Waals surface area contributed by atoms with Gasteiger partial charge in [-0.3, -0.25) is 14.9 Å². The van der Waals surface area contributed by atoms with Crippen molar-refractivity contribution in [3.63, 3.8) is 0 Å². The van der Waals surface area contributed by atoms with E-state index in [9.17, 15) is 14.9 Å². The molecule has 7 nitrogen and oxygen atoms in total. The lowest BCUT2D eigenvalue weighted by Gasteiger charge is -2.23. The summed E-state index contributed by atoms with van der Waals surface area (Å²) in [6.45, 7) is 1.18. The zero-order valence-corrected chi connectivity index (χ0v) is 10.7. The van der Waals surface area contributed by atoms with E-state index in [4.69, 9.17) is 16.3 Å². The number of hydrogen-bond acceptors (Lipinski definition) is 5. The number of hydrogen-bond donors (Lipinski definition) is 1. The van der Waals surface area contributed by atoms with E-state index in [1.165, 1.54) is 0 Å². The third-order valence-corrected chi connectivity index (χ3v) is 3.14. The Morgan fingerprint density at radius 3 is 2.84 bits per heavy atom. The first kappa shape index (κ1) is 13.7. The minimum absolute atomic E-state index is 0.00317. The Bertz CT molecular complexity index is 503. The second-order valence-electron chi connectivity index (χ2n) is 4.15. The molecular formula is C11H12ClN3O4. The van der Waals surface area contributed by atoms with Crippen LogP contribution in [-0.2, 0) is 4.74 Å².